The van der Waals surface area contributed by atoms with Crippen molar-refractivity contribution in [1.29, 1.82) is 0 Å². The zero-order chi connectivity index (χ0) is 32.0. The number of amides is 1. The third-order valence-corrected chi connectivity index (χ3v) is 9.40. The van der Waals surface area contributed by atoms with Crippen molar-refractivity contribution in [3.8, 4) is 0 Å². The van der Waals surface area contributed by atoms with E-state index in [9.17, 15) is 22.0 Å². The van der Waals surface area contributed by atoms with Crippen LogP contribution in [0.1, 0.15) is 34.0 Å². The van der Waals surface area contributed by atoms with Gasteiger partial charge in [0.25, 0.3) is 5.91 Å². The third kappa shape index (κ3) is 8.12. The highest BCUT2D eigenvalue weighted by Crippen LogP contribution is 2.24. The highest BCUT2D eigenvalue weighted by atomic mass is 35.5. The molecule has 5 rings (SSSR count). The number of hydrogen-bond acceptors (Lipinski definition) is 6. The van der Waals surface area contributed by atoms with Gasteiger partial charge in [-0.25, -0.2) is 22.6 Å². The van der Waals surface area contributed by atoms with E-state index in [-0.39, 0.29) is 23.8 Å². The fraction of sp³-hybridized carbons (Fsp3) is 0.212. The van der Waals surface area contributed by atoms with Crippen LogP contribution in [-0.4, -0.2) is 50.6 Å². The summed E-state index contributed by atoms with van der Waals surface area (Å²) in [6, 6.07) is 22.7. The van der Waals surface area contributed by atoms with Crippen LogP contribution in [-0.2, 0) is 27.8 Å². The molecular formula is C33H31ClF2N4O4S. The molecule has 1 aliphatic rings. The first-order chi connectivity index (χ1) is 21.6. The fourth-order valence-corrected chi connectivity index (χ4v) is 6.34. The molecule has 0 aromatic heterocycles. The number of hydrazone groups is 1. The van der Waals surface area contributed by atoms with Gasteiger partial charge in [0.1, 0.15) is 11.6 Å². The Morgan fingerprint density at radius 2 is 1.47 bits per heavy atom. The molecule has 0 unspecified atom stereocenters. The lowest BCUT2D eigenvalue weighted by atomic mass is 10.1. The summed E-state index contributed by atoms with van der Waals surface area (Å²) in [5.74, 6) is -1.28. The number of hydrogen-bond donors (Lipinski definition) is 1. The van der Waals surface area contributed by atoms with E-state index in [0.717, 1.165) is 0 Å². The number of sulfonamides is 1. The Kier molecular flexibility index (Phi) is 10.2. The maximum absolute atomic E-state index is 14.8. The second kappa shape index (κ2) is 14.3. The maximum Gasteiger partial charge on any atom is 0.271 e. The smallest absolute Gasteiger partial charge is 0.271 e. The molecule has 0 bridgehead atoms. The maximum atomic E-state index is 14.8. The van der Waals surface area contributed by atoms with E-state index in [1.165, 1.54) is 58.9 Å². The first-order valence-corrected chi connectivity index (χ1v) is 16.0. The number of morpholine rings is 1. The van der Waals surface area contributed by atoms with Crippen LogP contribution in [0.3, 0.4) is 0 Å². The topological polar surface area (TPSA) is 91.3 Å². The molecule has 0 saturated carbocycles. The number of ether oxygens (including phenoxy) is 1. The van der Waals surface area contributed by atoms with Crippen molar-refractivity contribution in [2.75, 3.05) is 31.2 Å². The quantitative estimate of drug-likeness (QED) is 0.168. The number of carbonyl (C=O) groups is 1. The molecule has 8 nitrogen and oxygen atoms in total. The lowest BCUT2D eigenvalue weighted by molar-refractivity contribution is 0.0954. The summed E-state index contributed by atoms with van der Waals surface area (Å²) in [6.45, 7) is 3.98. The van der Waals surface area contributed by atoms with Crippen LogP contribution in [0.25, 0.3) is 0 Å². The average Bonchev–Trinajstić information content (AvgIpc) is 3.05. The first kappa shape index (κ1) is 32.2. The Labute approximate surface area is 265 Å². The second-order valence-corrected chi connectivity index (χ2v) is 12.8. The van der Waals surface area contributed by atoms with Crippen molar-refractivity contribution < 1.29 is 26.7 Å². The summed E-state index contributed by atoms with van der Waals surface area (Å²) in [6.07, 6.45) is 0. The number of anilines is 1. The number of carbonyl (C=O) groups excluding carboxylic acids is 1. The van der Waals surface area contributed by atoms with E-state index in [0.29, 0.717) is 65.0 Å². The molecule has 1 aliphatic heterocycles. The summed E-state index contributed by atoms with van der Waals surface area (Å²) in [5.41, 5.74) is 5.48. The van der Waals surface area contributed by atoms with Gasteiger partial charge in [0.2, 0.25) is 10.0 Å². The van der Waals surface area contributed by atoms with Crippen molar-refractivity contribution in [1.82, 2.24) is 9.73 Å². The molecule has 234 valence electrons. The van der Waals surface area contributed by atoms with Crippen molar-refractivity contribution in [3.63, 3.8) is 0 Å². The predicted molar refractivity (Wildman–Crippen MR) is 170 cm³/mol. The standard InChI is InChI=1S/C33H31ClF2N4O4S/c1-23(27-8-15-32(31(36)20-27)39-16-18-44-19-17-39)37-38-33(41)26-6-2-24(3-7-26)21-40(22-25-4-11-29(35)12-5-25)45(42,43)30-13-9-28(34)10-14-30/h2-15,20H,16-19,21-22H2,1H3,(H,38,41)/b37-23-. The van der Waals surface area contributed by atoms with E-state index >= 15 is 0 Å². The van der Waals surface area contributed by atoms with Gasteiger partial charge >= 0.3 is 0 Å². The molecule has 4 aromatic carbocycles. The molecule has 45 heavy (non-hydrogen) atoms. The highest BCUT2D eigenvalue weighted by molar-refractivity contribution is 7.89. The Bertz CT molecular complexity index is 1780. The molecule has 0 aliphatic carbocycles. The van der Waals surface area contributed by atoms with Gasteiger partial charge in [0.15, 0.2) is 0 Å². The largest absolute Gasteiger partial charge is 0.378 e. The summed E-state index contributed by atoms with van der Waals surface area (Å²) < 4.78 is 62.1. The molecule has 1 amide bonds. The van der Waals surface area contributed by atoms with Gasteiger partial charge in [-0.15, -0.1) is 0 Å². The molecule has 0 radical (unpaired) electrons. The minimum absolute atomic E-state index is 0.00447. The number of rotatable bonds is 10. The Morgan fingerprint density at radius 1 is 0.889 bits per heavy atom. The first-order valence-electron chi connectivity index (χ1n) is 14.2. The Hall–Kier alpha value is -4.16. The molecule has 1 heterocycles. The molecule has 4 aromatic rings. The van der Waals surface area contributed by atoms with Gasteiger partial charge in [-0.1, -0.05) is 41.9 Å². The SMILES string of the molecule is C/C(=N/NC(=O)c1ccc(CN(Cc2ccc(F)cc2)S(=O)(=O)c2ccc(Cl)cc2)cc1)c1ccc(N2CCOCC2)c(F)c1. The Balaban J connectivity index is 1.27. The summed E-state index contributed by atoms with van der Waals surface area (Å²) in [4.78, 5) is 14.8. The van der Waals surface area contributed by atoms with Gasteiger partial charge in [0, 0.05) is 42.3 Å². The summed E-state index contributed by atoms with van der Waals surface area (Å²) in [5, 5.41) is 4.55. The van der Waals surface area contributed by atoms with Crippen LogP contribution in [0.4, 0.5) is 14.5 Å². The predicted octanol–water partition coefficient (Wildman–Crippen LogP) is 6.00. The van der Waals surface area contributed by atoms with Crippen LogP contribution < -0.4 is 10.3 Å². The fourth-order valence-electron chi connectivity index (χ4n) is 4.80. The molecule has 1 N–H and O–H groups in total. The van der Waals surface area contributed by atoms with E-state index < -0.39 is 21.7 Å². The van der Waals surface area contributed by atoms with E-state index in [4.69, 9.17) is 16.3 Å². The van der Waals surface area contributed by atoms with Crippen LogP contribution >= 0.6 is 11.6 Å². The molecule has 12 heteroatoms. The number of halogens is 3. The monoisotopic (exact) mass is 652 g/mol. The lowest BCUT2D eigenvalue weighted by Crippen LogP contribution is -2.36. The second-order valence-electron chi connectivity index (χ2n) is 10.5. The van der Waals surface area contributed by atoms with E-state index in [2.05, 4.69) is 10.5 Å². The minimum atomic E-state index is -3.96. The minimum Gasteiger partial charge on any atom is -0.378 e. The van der Waals surface area contributed by atoms with Gasteiger partial charge in [-0.3, -0.25) is 4.79 Å². The third-order valence-electron chi connectivity index (χ3n) is 7.34. The number of nitrogens with one attached hydrogen (secondary N) is 1. The molecule has 0 spiro atoms. The van der Waals surface area contributed by atoms with Gasteiger partial charge in [0.05, 0.1) is 29.5 Å². The normalized spacial score (nSPS) is 14.1. The molecule has 1 saturated heterocycles. The number of benzene rings is 4. The highest BCUT2D eigenvalue weighted by Gasteiger charge is 2.25. The van der Waals surface area contributed by atoms with E-state index in [1.807, 2.05) is 4.90 Å². The summed E-state index contributed by atoms with van der Waals surface area (Å²) in [7, 11) is -3.96. The Morgan fingerprint density at radius 3 is 2.07 bits per heavy atom. The molecular weight excluding hydrogens is 622 g/mol. The van der Waals surface area contributed by atoms with Crippen molar-refractivity contribution in [2.45, 2.75) is 24.9 Å². The summed E-state index contributed by atoms with van der Waals surface area (Å²) >= 11 is 5.96. The van der Waals surface area contributed by atoms with E-state index in [1.54, 1.807) is 43.3 Å². The van der Waals surface area contributed by atoms with Gasteiger partial charge in [-0.05, 0) is 78.7 Å². The number of nitrogens with zero attached hydrogens (tertiary/aromatic N) is 3. The van der Waals surface area contributed by atoms with Gasteiger partial charge in [-0.2, -0.15) is 9.41 Å². The van der Waals surface area contributed by atoms with Gasteiger partial charge < -0.3 is 9.64 Å². The van der Waals surface area contributed by atoms with Crippen molar-refractivity contribution in [2.24, 2.45) is 5.10 Å². The zero-order valence-corrected chi connectivity index (χ0v) is 26.0. The molecule has 1 fully saturated rings. The molecule has 0 atom stereocenters. The van der Waals surface area contributed by atoms with Crippen LogP contribution in [0.2, 0.25) is 5.02 Å². The van der Waals surface area contributed by atoms with Crippen LogP contribution in [0.5, 0.6) is 0 Å². The average molecular weight is 653 g/mol. The van der Waals surface area contributed by atoms with Crippen molar-refractivity contribution in [3.05, 3.63) is 130 Å². The lowest BCUT2D eigenvalue weighted by Gasteiger charge is -2.29. The van der Waals surface area contributed by atoms with Crippen LogP contribution in [0.15, 0.2) is 101 Å². The van der Waals surface area contributed by atoms with Crippen molar-refractivity contribution >= 4 is 38.9 Å². The van der Waals surface area contributed by atoms with Crippen LogP contribution in [0, 0.1) is 11.6 Å². The zero-order valence-electron chi connectivity index (χ0n) is 24.4.